The largest absolute Gasteiger partial charge is 0.508 e. The third kappa shape index (κ3) is 5.57. The molecule has 0 atom stereocenters. The van der Waals surface area contributed by atoms with E-state index in [1.807, 2.05) is 25.1 Å². The molecule has 0 spiro atoms. The predicted octanol–water partition coefficient (Wildman–Crippen LogP) is 3.14. The van der Waals surface area contributed by atoms with Gasteiger partial charge in [-0.1, -0.05) is 24.3 Å². The Balaban J connectivity index is 1.91. The molecular formula is C19H24FN3O. The van der Waals surface area contributed by atoms with Crippen molar-refractivity contribution in [1.29, 1.82) is 0 Å². The number of aromatic hydroxyl groups is 1. The van der Waals surface area contributed by atoms with Crippen molar-refractivity contribution in [2.24, 2.45) is 4.99 Å². The molecule has 0 heterocycles. The van der Waals surface area contributed by atoms with Crippen molar-refractivity contribution < 1.29 is 9.50 Å². The van der Waals surface area contributed by atoms with E-state index in [4.69, 9.17) is 0 Å². The summed E-state index contributed by atoms with van der Waals surface area (Å²) < 4.78 is 13.3. The molecule has 4 nitrogen and oxygen atoms in total. The number of guanidine groups is 1. The molecule has 0 aliphatic carbocycles. The number of hydrogen-bond donors (Lipinski definition) is 3. The molecule has 0 fully saturated rings. The topological polar surface area (TPSA) is 56.7 Å². The van der Waals surface area contributed by atoms with Gasteiger partial charge >= 0.3 is 0 Å². The Labute approximate surface area is 142 Å². The molecule has 0 amide bonds. The highest BCUT2D eigenvalue weighted by atomic mass is 19.1. The van der Waals surface area contributed by atoms with E-state index in [1.54, 1.807) is 25.1 Å². The van der Waals surface area contributed by atoms with Crippen LogP contribution in [0.4, 0.5) is 4.39 Å². The first kappa shape index (κ1) is 17.8. The number of phenols is 1. The van der Waals surface area contributed by atoms with Crippen molar-refractivity contribution in [2.75, 3.05) is 13.1 Å². The van der Waals surface area contributed by atoms with Gasteiger partial charge in [0.25, 0.3) is 0 Å². The van der Waals surface area contributed by atoms with Crippen LogP contribution in [0, 0.1) is 12.7 Å². The van der Waals surface area contributed by atoms with E-state index in [9.17, 15) is 9.50 Å². The van der Waals surface area contributed by atoms with Crippen molar-refractivity contribution >= 4 is 5.96 Å². The van der Waals surface area contributed by atoms with E-state index >= 15 is 0 Å². The summed E-state index contributed by atoms with van der Waals surface area (Å²) in [6.07, 6.45) is 0.786. The first-order chi connectivity index (χ1) is 11.6. The van der Waals surface area contributed by atoms with Crippen LogP contribution in [0.3, 0.4) is 0 Å². The smallest absolute Gasteiger partial charge is 0.191 e. The number of nitrogens with one attached hydrogen (secondary N) is 2. The Morgan fingerprint density at radius 1 is 1.12 bits per heavy atom. The first-order valence-electron chi connectivity index (χ1n) is 8.13. The summed E-state index contributed by atoms with van der Waals surface area (Å²) in [5.74, 6) is 0.804. The lowest BCUT2D eigenvalue weighted by molar-refractivity contribution is 0.474. The van der Waals surface area contributed by atoms with E-state index in [2.05, 4.69) is 15.6 Å². The molecule has 0 aliphatic rings. The van der Waals surface area contributed by atoms with Gasteiger partial charge in [-0.25, -0.2) is 9.38 Å². The Morgan fingerprint density at radius 3 is 2.67 bits per heavy atom. The highest BCUT2D eigenvalue weighted by Crippen LogP contribution is 2.11. The number of nitrogens with zero attached hydrogens (tertiary/aromatic N) is 1. The average Bonchev–Trinajstić information content (AvgIpc) is 2.56. The lowest BCUT2D eigenvalue weighted by Gasteiger charge is -2.11. The van der Waals surface area contributed by atoms with Gasteiger partial charge < -0.3 is 15.7 Å². The van der Waals surface area contributed by atoms with Crippen molar-refractivity contribution in [1.82, 2.24) is 10.6 Å². The van der Waals surface area contributed by atoms with Crippen LogP contribution in [-0.4, -0.2) is 24.2 Å². The summed E-state index contributed by atoms with van der Waals surface area (Å²) in [5.41, 5.74) is 2.66. The standard InChI is InChI=1S/C19H24FN3O/c1-3-21-19(22-10-9-15-5-4-6-17(24)12-15)23-13-16-7-8-18(20)14(2)11-16/h4-8,11-12,24H,3,9-10,13H2,1-2H3,(H2,21,22,23). The zero-order valence-corrected chi connectivity index (χ0v) is 14.1. The minimum atomic E-state index is -0.195. The number of benzene rings is 2. The van der Waals surface area contributed by atoms with Gasteiger partial charge in [-0.15, -0.1) is 0 Å². The molecule has 0 radical (unpaired) electrons. The van der Waals surface area contributed by atoms with E-state index < -0.39 is 0 Å². The molecule has 128 valence electrons. The molecule has 0 saturated heterocycles. The second kappa shape index (κ2) is 8.91. The van der Waals surface area contributed by atoms with Gasteiger partial charge in [0.05, 0.1) is 6.54 Å². The molecule has 24 heavy (non-hydrogen) atoms. The summed E-state index contributed by atoms with van der Waals surface area (Å²) in [6, 6.07) is 12.3. The highest BCUT2D eigenvalue weighted by molar-refractivity contribution is 5.79. The second-order valence-corrected chi connectivity index (χ2v) is 5.63. The molecule has 5 heteroatoms. The predicted molar refractivity (Wildman–Crippen MR) is 95.8 cm³/mol. The molecular weight excluding hydrogens is 305 g/mol. The van der Waals surface area contributed by atoms with Crippen molar-refractivity contribution in [3.8, 4) is 5.75 Å². The van der Waals surface area contributed by atoms with Crippen molar-refractivity contribution in [3.05, 3.63) is 65.0 Å². The fourth-order valence-electron chi connectivity index (χ4n) is 2.35. The molecule has 2 rings (SSSR count). The molecule has 2 aromatic carbocycles. The zero-order chi connectivity index (χ0) is 17.4. The maximum Gasteiger partial charge on any atom is 0.191 e. The first-order valence-corrected chi connectivity index (χ1v) is 8.13. The fraction of sp³-hybridized carbons (Fsp3) is 0.316. The van der Waals surface area contributed by atoms with E-state index in [0.29, 0.717) is 18.7 Å². The number of aliphatic imine (C=N–C) groups is 1. The van der Waals surface area contributed by atoms with Crippen LogP contribution in [0.15, 0.2) is 47.5 Å². The van der Waals surface area contributed by atoms with Crippen LogP contribution in [0.5, 0.6) is 5.75 Å². The molecule has 3 N–H and O–H groups in total. The third-order valence-corrected chi connectivity index (χ3v) is 3.60. The minimum absolute atomic E-state index is 0.195. The number of phenolic OH excluding ortho intramolecular Hbond substituents is 1. The maximum atomic E-state index is 13.3. The normalized spacial score (nSPS) is 11.4. The molecule has 0 aliphatic heterocycles. The number of aryl methyl sites for hydroxylation is 1. The lowest BCUT2D eigenvalue weighted by Crippen LogP contribution is -2.38. The molecule has 0 aromatic heterocycles. The van der Waals surface area contributed by atoms with Crippen LogP contribution < -0.4 is 10.6 Å². The summed E-state index contributed by atoms with van der Waals surface area (Å²) in [4.78, 5) is 4.53. The van der Waals surface area contributed by atoms with E-state index in [-0.39, 0.29) is 11.6 Å². The Bertz CT molecular complexity index is 701. The summed E-state index contributed by atoms with van der Waals surface area (Å²) in [5, 5.41) is 15.9. The molecule has 0 saturated carbocycles. The van der Waals surface area contributed by atoms with E-state index in [0.717, 1.165) is 30.1 Å². The van der Waals surface area contributed by atoms with Gasteiger partial charge in [-0.2, -0.15) is 0 Å². The molecule has 0 unspecified atom stereocenters. The van der Waals surface area contributed by atoms with Crippen LogP contribution in [0.1, 0.15) is 23.6 Å². The number of hydrogen-bond acceptors (Lipinski definition) is 2. The van der Waals surface area contributed by atoms with Crippen molar-refractivity contribution in [2.45, 2.75) is 26.8 Å². The Kier molecular flexibility index (Phi) is 6.61. The van der Waals surface area contributed by atoms with Crippen LogP contribution in [0.25, 0.3) is 0 Å². The van der Waals surface area contributed by atoms with Crippen LogP contribution in [0.2, 0.25) is 0 Å². The van der Waals surface area contributed by atoms with Crippen LogP contribution in [-0.2, 0) is 13.0 Å². The fourth-order valence-corrected chi connectivity index (χ4v) is 2.35. The van der Waals surface area contributed by atoms with Crippen LogP contribution >= 0.6 is 0 Å². The SMILES string of the molecule is CCNC(=NCc1ccc(F)c(C)c1)NCCc1cccc(O)c1. The quantitative estimate of drug-likeness (QED) is 0.564. The Hall–Kier alpha value is -2.56. The molecule has 0 bridgehead atoms. The van der Waals surface area contributed by atoms with Gasteiger partial charge in [0, 0.05) is 13.1 Å². The summed E-state index contributed by atoms with van der Waals surface area (Å²) in [7, 11) is 0. The van der Waals surface area contributed by atoms with Gasteiger partial charge in [0.2, 0.25) is 0 Å². The van der Waals surface area contributed by atoms with Gasteiger partial charge in [-0.3, -0.25) is 0 Å². The Morgan fingerprint density at radius 2 is 1.96 bits per heavy atom. The van der Waals surface area contributed by atoms with Crippen molar-refractivity contribution in [3.63, 3.8) is 0 Å². The molecule has 2 aromatic rings. The minimum Gasteiger partial charge on any atom is -0.508 e. The third-order valence-electron chi connectivity index (χ3n) is 3.60. The maximum absolute atomic E-state index is 13.3. The lowest BCUT2D eigenvalue weighted by atomic mass is 10.1. The van der Waals surface area contributed by atoms with Gasteiger partial charge in [-0.05, 0) is 55.2 Å². The monoisotopic (exact) mass is 329 g/mol. The van der Waals surface area contributed by atoms with Gasteiger partial charge in [0.1, 0.15) is 11.6 Å². The summed E-state index contributed by atoms with van der Waals surface area (Å²) >= 11 is 0. The highest BCUT2D eigenvalue weighted by Gasteiger charge is 2.01. The number of halogens is 1. The van der Waals surface area contributed by atoms with E-state index in [1.165, 1.54) is 6.07 Å². The average molecular weight is 329 g/mol. The summed E-state index contributed by atoms with van der Waals surface area (Å²) in [6.45, 7) is 5.72. The zero-order valence-electron chi connectivity index (χ0n) is 14.1. The van der Waals surface area contributed by atoms with Gasteiger partial charge in [0.15, 0.2) is 5.96 Å². The number of rotatable bonds is 6. The second-order valence-electron chi connectivity index (χ2n) is 5.63.